The number of hydrogen-bond acceptors (Lipinski definition) is 5. The molecule has 3 amide bonds. The van der Waals surface area contributed by atoms with Crippen LogP contribution >= 0.6 is 0 Å². The van der Waals surface area contributed by atoms with Gasteiger partial charge in [0.1, 0.15) is 18.5 Å². The van der Waals surface area contributed by atoms with Crippen molar-refractivity contribution in [3.05, 3.63) is 52.1 Å². The number of nitrogens with one attached hydrogen (secondary N) is 3. The molecule has 1 aromatic carbocycles. The highest BCUT2D eigenvalue weighted by Gasteiger charge is 2.35. The summed E-state index contributed by atoms with van der Waals surface area (Å²) < 4.78 is 18.6. The number of methoxy groups -OCH3 is 1. The third-order valence-electron chi connectivity index (χ3n) is 5.50. The number of H-pyrrole nitrogens is 1. The lowest BCUT2D eigenvalue weighted by Gasteiger charge is -2.14. The van der Waals surface area contributed by atoms with E-state index in [2.05, 4.69) is 15.6 Å². The smallest absolute Gasteiger partial charge is 0.271 e. The predicted molar refractivity (Wildman–Crippen MR) is 114 cm³/mol. The van der Waals surface area contributed by atoms with Crippen LogP contribution in [0.2, 0.25) is 0 Å². The number of nitrogens with zero attached hydrogens (tertiary/aromatic N) is 1. The number of benzene rings is 1. The van der Waals surface area contributed by atoms with Crippen LogP contribution in [-0.2, 0) is 19.2 Å². The van der Waals surface area contributed by atoms with Gasteiger partial charge in [-0.25, -0.2) is 9.45 Å². The third kappa shape index (κ3) is 3.90. The Labute approximate surface area is 183 Å². The van der Waals surface area contributed by atoms with Gasteiger partial charge in [0.2, 0.25) is 0 Å². The fourth-order valence-electron chi connectivity index (χ4n) is 3.86. The predicted octanol–water partition coefficient (Wildman–Crippen LogP) is 1.78. The average molecular weight is 442 g/mol. The van der Waals surface area contributed by atoms with E-state index < -0.39 is 17.8 Å². The summed E-state index contributed by atoms with van der Waals surface area (Å²) in [7, 11) is 1.52. The normalized spacial score (nSPS) is 18.9. The molecule has 2 aliphatic rings. The minimum absolute atomic E-state index is 0.0379. The second kappa shape index (κ2) is 8.56. The summed E-state index contributed by atoms with van der Waals surface area (Å²) in [5.41, 5.74) is 3.38. The van der Waals surface area contributed by atoms with E-state index in [9.17, 15) is 18.8 Å². The monoisotopic (exact) mass is 442 g/mol. The summed E-state index contributed by atoms with van der Waals surface area (Å²) in [6, 6.07) is 3.27. The van der Waals surface area contributed by atoms with Crippen molar-refractivity contribution < 1.29 is 28.3 Å². The van der Waals surface area contributed by atoms with E-state index >= 15 is 0 Å². The molecule has 0 unspecified atom stereocenters. The van der Waals surface area contributed by atoms with E-state index in [1.54, 1.807) is 19.9 Å². The number of ether oxygens (including phenoxy) is 1. The van der Waals surface area contributed by atoms with Gasteiger partial charge in [0.25, 0.3) is 17.7 Å². The molecule has 1 atom stereocenters. The quantitative estimate of drug-likeness (QED) is 0.591. The van der Waals surface area contributed by atoms with Gasteiger partial charge in [-0.15, -0.1) is 0 Å². The van der Waals surface area contributed by atoms with E-state index in [1.165, 1.54) is 30.4 Å². The van der Waals surface area contributed by atoms with Gasteiger partial charge < -0.3 is 20.4 Å². The fraction of sp³-hybridized carbons (Fsp3) is 0.318. The third-order valence-corrected chi connectivity index (χ3v) is 5.50. The fourth-order valence-corrected chi connectivity index (χ4v) is 3.86. The van der Waals surface area contributed by atoms with Gasteiger partial charge in [0.05, 0.1) is 24.3 Å². The molecule has 0 aliphatic carbocycles. The lowest BCUT2D eigenvalue weighted by molar-refractivity contribution is -0.164. The zero-order chi connectivity index (χ0) is 23.0. The van der Waals surface area contributed by atoms with E-state index in [-0.39, 0.29) is 25.0 Å². The van der Waals surface area contributed by atoms with E-state index in [4.69, 9.17) is 9.57 Å². The minimum atomic E-state index is -0.801. The number of hydroxylamine groups is 2. The zero-order valence-corrected chi connectivity index (χ0v) is 17.9. The standard InChI is InChI=1S/C22H23FN4O5/c1-11-17(9-15-14-8-13(23)4-5-16(14)25-20(15)28)24-12(2)19(11)21(29)26-18-10-32-27(22(18)30)6-7-31-3/h4-5,8-9,18,24H,6-7,10H2,1-3H3,(H,25,28)(H,26,29)/b15-9-/t18-/m1/s1. The largest absolute Gasteiger partial charge is 0.383 e. The molecule has 0 spiro atoms. The number of aryl methyl sites for hydroxylation is 1. The number of aromatic nitrogens is 1. The first-order chi connectivity index (χ1) is 15.3. The molecule has 32 heavy (non-hydrogen) atoms. The SMILES string of the molecule is COCCN1OC[C@@H](NC(=O)c2c(C)[nH]c(/C=C3\C(=O)Nc4ccc(F)cc43)c2C)C1=O. The number of carbonyl (C=O) groups excluding carboxylic acids is 3. The van der Waals surface area contributed by atoms with Gasteiger partial charge in [-0.05, 0) is 43.7 Å². The molecule has 3 N–H and O–H groups in total. The van der Waals surface area contributed by atoms with Crippen molar-refractivity contribution >= 4 is 35.1 Å². The number of amides is 3. The number of rotatable bonds is 6. The first kappa shape index (κ1) is 21.7. The topological polar surface area (TPSA) is 113 Å². The Morgan fingerprint density at radius 1 is 1.38 bits per heavy atom. The van der Waals surface area contributed by atoms with Gasteiger partial charge in [-0.3, -0.25) is 19.2 Å². The molecular formula is C22H23FN4O5. The zero-order valence-electron chi connectivity index (χ0n) is 17.9. The summed E-state index contributed by atoms with van der Waals surface area (Å²) in [4.78, 5) is 46.2. The van der Waals surface area contributed by atoms with Crippen LogP contribution in [0.5, 0.6) is 0 Å². The van der Waals surface area contributed by atoms with E-state index in [1.807, 2.05) is 0 Å². The van der Waals surface area contributed by atoms with Crippen molar-refractivity contribution in [3.8, 4) is 0 Å². The molecule has 3 heterocycles. The van der Waals surface area contributed by atoms with Crippen molar-refractivity contribution in [1.82, 2.24) is 15.4 Å². The lowest BCUT2D eigenvalue weighted by atomic mass is 10.0. The number of aromatic amines is 1. The first-order valence-electron chi connectivity index (χ1n) is 10.1. The number of halogens is 1. The summed E-state index contributed by atoms with van der Waals surface area (Å²) in [5.74, 6) is -1.58. The maximum atomic E-state index is 13.7. The number of anilines is 1. The Morgan fingerprint density at radius 3 is 2.91 bits per heavy atom. The summed E-state index contributed by atoms with van der Waals surface area (Å²) in [5, 5.41) is 6.58. The molecule has 1 aromatic heterocycles. The molecule has 0 saturated carbocycles. The van der Waals surface area contributed by atoms with Crippen molar-refractivity contribution in [2.75, 3.05) is 32.2 Å². The van der Waals surface area contributed by atoms with Crippen LogP contribution < -0.4 is 10.6 Å². The van der Waals surface area contributed by atoms with Crippen LogP contribution in [0.25, 0.3) is 11.6 Å². The summed E-state index contributed by atoms with van der Waals surface area (Å²) in [6.07, 6.45) is 1.59. The molecule has 10 heteroatoms. The molecule has 9 nitrogen and oxygen atoms in total. The average Bonchev–Trinajstić information content (AvgIpc) is 3.35. The van der Waals surface area contributed by atoms with Gasteiger partial charge in [-0.1, -0.05) is 0 Å². The highest BCUT2D eigenvalue weighted by atomic mass is 19.1. The second-order valence-electron chi connectivity index (χ2n) is 7.62. The van der Waals surface area contributed by atoms with E-state index in [0.29, 0.717) is 45.9 Å². The van der Waals surface area contributed by atoms with Gasteiger partial charge in [-0.2, -0.15) is 0 Å². The molecule has 4 rings (SSSR count). The van der Waals surface area contributed by atoms with Crippen LogP contribution in [0.4, 0.5) is 10.1 Å². The van der Waals surface area contributed by atoms with Crippen molar-refractivity contribution in [3.63, 3.8) is 0 Å². The summed E-state index contributed by atoms with van der Waals surface area (Å²) >= 11 is 0. The molecule has 0 bridgehead atoms. The summed E-state index contributed by atoms with van der Waals surface area (Å²) in [6.45, 7) is 4.09. The van der Waals surface area contributed by atoms with Crippen LogP contribution in [0.15, 0.2) is 18.2 Å². The van der Waals surface area contributed by atoms with Crippen molar-refractivity contribution in [2.45, 2.75) is 19.9 Å². The second-order valence-corrected chi connectivity index (χ2v) is 7.62. The Balaban J connectivity index is 1.56. The van der Waals surface area contributed by atoms with Crippen LogP contribution in [0.3, 0.4) is 0 Å². The molecule has 2 aliphatic heterocycles. The Morgan fingerprint density at radius 2 is 2.16 bits per heavy atom. The number of hydrogen-bond donors (Lipinski definition) is 3. The van der Waals surface area contributed by atoms with Gasteiger partial charge in [0, 0.05) is 29.7 Å². The highest BCUT2D eigenvalue weighted by molar-refractivity contribution is 6.34. The lowest BCUT2D eigenvalue weighted by Crippen LogP contribution is -2.43. The van der Waals surface area contributed by atoms with Gasteiger partial charge in [0.15, 0.2) is 0 Å². The Bertz CT molecular complexity index is 1140. The van der Waals surface area contributed by atoms with Crippen molar-refractivity contribution in [2.24, 2.45) is 0 Å². The maximum absolute atomic E-state index is 13.7. The molecule has 168 valence electrons. The highest BCUT2D eigenvalue weighted by Crippen LogP contribution is 2.34. The van der Waals surface area contributed by atoms with Gasteiger partial charge >= 0.3 is 0 Å². The van der Waals surface area contributed by atoms with Crippen LogP contribution in [0, 0.1) is 19.7 Å². The Kier molecular flexibility index (Phi) is 5.81. The first-order valence-corrected chi connectivity index (χ1v) is 10.1. The maximum Gasteiger partial charge on any atom is 0.271 e. The Hall–Kier alpha value is -3.50. The van der Waals surface area contributed by atoms with Crippen LogP contribution in [0.1, 0.15) is 32.9 Å². The molecule has 1 fully saturated rings. The number of carbonyl (C=O) groups is 3. The molecular weight excluding hydrogens is 419 g/mol. The van der Waals surface area contributed by atoms with Crippen molar-refractivity contribution in [1.29, 1.82) is 0 Å². The van der Waals surface area contributed by atoms with Crippen LogP contribution in [-0.4, -0.2) is 60.7 Å². The molecule has 1 saturated heterocycles. The molecule has 2 aromatic rings. The number of fused-ring (bicyclic) bond motifs is 1. The van der Waals surface area contributed by atoms with E-state index in [0.717, 1.165) is 0 Å². The minimum Gasteiger partial charge on any atom is -0.383 e. The molecule has 0 radical (unpaired) electrons.